The summed E-state index contributed by atoms with van der Waals surface area (Å²) in [7, 11) is -7.98. The molecule has 27 heavy (non-hydrogen) atoms. The minimum Gasteiger partial charge on any atom is -0.415 e. The van der Waals surface area contributed by atoms with Crippen LogP contribution in [-0.4, -0.2) is 57.7 Å². The van der Waals surface area contributed by atoms with Crippen LogP contribution in [0.3, 0.4) is 0 Å². The van der Waals surface area contributed by atoms with E-state index in [1.807, 2.05) is 50.9 Å². The van der Waals surface area contributed by atoms with E-state index in [1.54, 1.807) is 14.2 Å². The molecule has 0 saturated heterocycles. The van der Waals surface area contributed by atoms with Crippen LogP contribution in [0, 0.1) is 0 Å². The van der Waals surface area contributed by atoms with Crippen LogP contribution in [-0.2, 0) is 25.3 Å². The zero-order valence-electron chi connectivity index (χ0n) is 18.3. The van der Waals surface area contributed by atoms with Crippen LogP contribution >= 0.6 is 0 Å². The van der Waals surface area contributed by atoms with E-state index in [0.29, 0.717) is 0 Å². The predicted molar refractivity (Wildman–Crippen MR) is 120 cm³/mol. The van der Waals surface area contributed by atoms with E-state index in [4.69, 9.17) is 25.3 Å². The molecule has 0 bridgehead atoms. The highest BCUT2D eigenvalue weighted by atomic mass is 28.5. The van der Waals surface area contributed by atoms with Gasteiger partial charge in [0.05, 0.1) is 0 Å². The van der Waals surface area contributed by atoms with E-state index >= 15 is 0 Å². The quantitative estimate of drug-likeness (QED) is 0.468. The van der Waals surface area contributed by atoms with Crippen molar-refractivity contribution in [1.82, 2.24) is 0 Å². The molecule has 0 aromatic heterocycles. The van der Waals surface area contributed by atoms with Crippen LogP contribution in [0.25, 0.3) is 0 Å². The zero-order chi connectivity index (χ0) is 20.9. The second kappa shape index (κ2) is 9.71. The Bertz CT molecular complexity index is 586. The Kier molecular flexibility index (Phi) is 9.03. The summed E-state index contributed by atoms with van der Waals surface area (Å²) in [6.07, 6.45) is 0. The van der Waals surface area contributed by atoms with Crippen LogP contribution in [0.15, 0.2) is 30.3 Å². The second-order valence-electron chi connectivity index (χ2n) is 7.82. The Hall–Kier alpha value is 0.0644. The lowest BCUT2D eigenvalue weighted by Gasteiger charge is -2.42. The molecule has 0 aliphatic rings. The first-order valence-corrected chi connectivity index (χ1v) is 21.6. The van der Waals surface area contributed by atoms with Crippen molar-refractivity contribution in [3.63, 3.8) is 0 Å². The van der Waals surface area contributed by atoms with Crippen molar-refractivity contribution in [3.8, 4) is 0 Å². The molecule has 155 valence electrons. The number of rotatable bonds is 11. The van der Waals surface area contributed by atoms with Crippen molar-refractivity contribution >= 4 is 48.7 Å². The molecule has 0 N–H and O–H groups in total. The highest BCUT2D eigenvalue weighted by molar-refractivity contribution is 6.94. The first-order valence-electron chi connectivity index (χ1n) is 9.02. The van der Waals surface area contributed by atoms with Gasteiger partial charge < -0.3 is 25.3 Å². The molecule has 0 heterocycles. The Balaban J connectivity index is 3.17. The highest BCUT2D eigenvalue weighted by Gasteiger charge is 2.48. The van der Waals surface area contributed by atoms with Gasteiger partial charge in [0.25, 0.3) is 0 Å². The summed E-state index contributed by atoms with van der Waals surface area (Å²) >= 11 is 0. The molecule has 1 atom stereocenters. The smallest absolute Gasteiger partial charge is 0.371 e. The normalized spacial score (nSPS) is 15.8. The van der Waals surface area contributed by atoms with Crippen molar-refractivity contribution in [2.75, 3.05) is 14.2 Å². The van der Waals surface area contributed by atoms with Gasteiger partial charge in [-0.3, -0.25) is 0 Å². The standard InChI is InChI=1S/C16H35O6Si5/c1-17-23(3)19-25(6,7)21-27(10,16-14-12-11-13-15-16)22-26(8,9)20-24(4,5)18-2/h11-15H,1-10H3. The van der Waals surface area contributed by atoms with Crippen LogP contribution in [0.5, 0.6) is 0 Å². The molecule has 6 nitrogen and oxygen atoms in total. The molecule has 0 saturated carbocycles. The van der Waals surface area contributed by atoms with Gasteiger partial charge in [-0.2, -0.15) is 0 Å². The lowest BCUT2D eigenvalue weighted by molar-refractivity contribution is 0.255. The molecular formula is C16H35O6Si5. The molecule has 1 aromatic rings. The van der Waals surface area contributed by atoms with Gasteiger partial charge in [-0.25, -0.2) is 0 Å². The Morgan fingerprint density at radius 2 is 1.22 bits per heavy atom. The Morgan fingerprint density at radius 1 is 0.704 bits per heavy atom. The summed E-state index contributed by atoms with van der Waals surface area (Å²) in [4.78, 5) is 0. The summed E-state index contributed by atoms with van der Waals surface area (Å²) in [5.41, 5.74) is 0. The van der Waals surface area contributed by atoms with Gasteiger partial charge in [0.2, 0.25) is 0 Å². The molecular weight excluding hydrogens is 429 g/mol. The van der Waals surface area contributed by atoms with Crippen molar-refractivity contribution in [2.45, 2.75) is 52.4 Å². The van der Waals surface area contributed by atoms with Gasteiger partial charge in [0.15, 0.2) is 0 Å². The molecule has 0 spiro atoms. The lowest BCUT2D eigenvalue weighted by Crippen LogP contribution is -2.64. The van der Waals surface area contributed by atoms with Crippen molar-refractivity contribution < 1.29 is 25.3 Å². The van der Waals surface area contributed by atoms with Crippen LogP contribution < -0.4 is 5.19 Å². The van der Waals surface area contributed by atoms with E-state index in [2.05, 4.69) is 31.8 Å². The third-order valence-corrected chi connectivity index (χ3v) is 20.9. The first-order chi connectivity index (χ1) is 12.2. The molecule has 0 fully saturated rings. The van der Waals surface area contributed by atoms with Gasteiger partial charge in [0.1, 0.15) is 0 Å². The summed E-state index contributed by atoms with van der Waals surface area (Å²) in [6, 6.07) is 10.1. The van der Waals surface area contributed by atoms with Crippen molar-refractivity contribution in [2.24, 2.45) is 0 Å². The SMILES string of the molecule is CO[Si](C)O[Si](C)(C)O[Si](C)(O[Si](C)(C)O[Si](C)(C)OC)c1ccccc1. The minimum absolute atomic E-state index is 1.07. The van der Waals surface area contributed by atoms with E-state index < -0.39 is 43.5 Å². The van der Waals surface area contributed by atoms with Gasteiger partial charge in [0, 0.05) is 14.2 Å². The van der Waals surface area contributed by atoms with Crippen molar-refractivity contribution in [1.29, 1.82) is 0 Å². The average Bonchev–Trinajstić information content (AvgIpc) is 2.52. The van der Waals surface area contributed by atoms with Gasteiger partial charge in [-0.1, -0.05) is 30.3 Å². The molecule has 1 rings (SSSR count). The van der Waals surface area contributed by atoms with E-state index in [9.17, 15) is 0 Å². The zero-order valence-corrected chi connectivity index (χ0v) is 23.3. The largest absolute Gasteiger partial charge is 0.415 e. The van der Waals surface area contributed by atoms with Crippen LogP contribution in [0.4, 0.5) is 0 Å². The topological polar surface area (TPSA) is 55.4 Å². The second-order valence-corrected chi connectivity index (χ2v) is 23.8. The number of hydrogen-bond donors (Lipinski definition) is 0. The number of hydrogen-bond acceptors (Lipinski definition) is 6. The molecule has 1 unspecified atom stereocenters. The first kappa shape index (κ1) is 25.1. The van der Waals surface area contributed by atoms with Gasteiger partial charge >= 0.3 is 43.5 Å². The van der Waals surface area contributed by atoms with E-state index in [1.165, 1.54) is 0 Å². The lowest BCUT2D eigenvalue weighted by atomic mass is 10.4. The van der Waals surface area contributed by atoms with Gasteiger partial charge in [-0.15, -0.1) is 0 Å². The monoisotopic (exact) mass is 463 g/mol. The van der Waals surface area contributed by atoms with Crippen molar-refractivity contribution in [3.05, 3.63) is 30.3 Å². The maximum Gasteiger partial charge on any atom is 0.371 e. The summed E-state index contributed by atoms with van der Waals surface area (Å²) < 4.78 is 36.8. The number of benzene rings is 1. The third kappa shape index (κ3) is 8.53. The Morgan fingerprint density at radius 3 is 1.70 bits per heavy atom. The minimum atomic E-state index is -2.79. The molecule has 11 heteroatoms. The highest BCUT2D eigenvalue weighted by Crippen LogP contribution is 2.25. The van der Waals surface area contributed by atoms with E-state index in [0.717, 1.165) is 5.19 Å². The summed E-state index contributed by atoms with van der Waals surface area (Å²) in [5, 5.41) is 1.07. The fourth-order valence-electron chi connectivity index (χ4n) is 2.88. The molecule has 0 amide bonds. The fourth-order valence-corrected chi connectivity index (χ4v) is 21.9. The summed E-state index contributed by atoms with van der Waals surface area (Å²) in [6.45, 7) is 16.3. The fraction of sp³-hybridized carbons (Fsp3) is 0.625. The third-order valence-electron chi connectivity index (χ3n) is 3.84. The molecule has 0 aliphatic heterocycles. The molecule has 1 aromatic carbocycles. The summed E-state index contributed by atoms with van der Waals surface area (Å²) in [5.74, 6) is 0. The average molecular weight is 464 g/mol. The molecule has 1 radical (unpaired) electrons. The van der Waals surface area contributed by atoms with E-state index in [-0.39, 0.29) is 0 Å². The maximum absolute atomic E-state index is 6.71. The van der Waals surface area contributed by atoms with Gasteiger partial charge in [-0.05, 0) is 57.6 Å². The molecule has 0 aliphatic carbocycles. The maximum atomic E-state index is 6.71. The van der Waals surface area contributed by atoms with Crippen LogP contribution in [0.1, 0.15) is 0 Å². The van der Waals surface area contributed by atoms with Crippen LogP contribution in [0.2, 0.25) is 52.4 Å². The predicted octanol–water partition coefficient (Wildman–Crippen LogP) is 3.55. The Labute approximate surface area is 170 Å².